The van der Waals surface area contributed by atoms with Gasteiger partial charge in [-0.05, 0) is 24.9 Å². The molecule has 3 nitrogen and oxygen atoms in total. The van der Waals surface area contributed by atoms with Crippen molar-refractivity contribution in [3.8, 4) is 0 Å². The number of nitrogens with one attached hydrogen (secondary N) is 2. The number of hydrogen-bond donors (Lipinski definition) is 2. The highest BCUT2D eigenvalue weighted by Gasteiger charge is 2.39. The molecule has 0 aromatic heterocycles. The third kappa shape index (κ3) is 2.51. The lowest BCUT2D eigenvalue weighted by Crippen LogP contribution is -2.58. The van der Waals surface area contributed by atoms with Gasteiger partial charge in [0.25, 0.3) is 0 Å². The average Bonchev–Trinajstić information content (AvgIpc) is 2.79. The fraction of sp³-hybridized carbons (Fsp3) is 0.571. The van der Waals surface area contributed by atoms with Gasteiger partial charge >= 0.3 is 0 Å². The van der Waals surface area contributed by atoms with Gasteiger partial charge < -0.3 is 10.1 Å². The van der Waals surface area contributed by atoms with E-state index in [1.165, 1.54) is 5.56 Å². The summed E-state index contributed by atoms with van der Waals surface area (Å²) < 4.78 is 5.92. The first-order chi connectivity index (χ1) is 8.36. The molecule has 3 rings (SSSR count). The second-order valence-electron chi connectivity index (χ2n) is 5.09. The van der Waals surface area contributed by atoms with Crippen LogP contribution in [0.3, 0.4) is 0 Å². The maximum Gasteiger partial charge on any atom is 0.133 e. The number of benzene rings is 1. The largest absolute Gasteiger partial charge is 0.359 e. The van der Waals surface area contributed by atoms with E-state index in [4.69, 9.17) is 4.74 Å². The van der Waals surface area contributed by atoms with Crippen molar-refractivity contribution in [1.82, 2.24) is 10.6 Å². The van der Waals surface area contributed by atoms with Gasteiger partial charge in [-0.15, -0.1) is 0 Å². The van der Waals surface area contributed by atoms with E-state index in [0.29, 0.717) is 6.04 Å². The Labute approximate surface area is 103 Å². The Morgan fingerprint density at radius 1 is 1.29 bits per heavy atom. The van der Waals surface area contributed by atoms with E-state index >= 15 is 0 Å². The highest BCUT2D eigenvalue weighted by atomic mass is 16.5. The molecule has 0 radical (unpaired) electrons. The number of ether oxygens (including phenoxy) is 1. The van der Waals surface area contributed by atoms with Gasteiger partial charge in [0.1, 0.15) is 5.72 Å². The van der Waals surface area contributed by atoms with Gasteiger partial charge in [-0.25, -0.2) is 0 Å². The molecule has 2 aliphatic rings. The standard InChI is InChI=1S/C14H20N2O/c1-2-4-12(5-3-1)10-13-6-9-17-14(16-13)7-8-15-11-14/h1-5,13,15-16H,6-11H2. The first-order valence-corrected chi connectivity index (χ1v) is 6.53. The van der Waals surface area contributed by atoms with Gasteiger partial charge in [0, 0.05) is 19.0 Å². The molecule has 1 aromatic carbocycles. The molecule has 17 heavy (non-hydrogen) atoms. The first-order valence-electron chi connectivity index (χ1n) is 6.53. The summed E-state index contributed by atoms with van der Waals surface area (Å²) in [7, 11) is 0. The Balaban J connectivity index is 1.64. The van der Waals surface area contributed by atoms with Gasteiger partial charge in [-0.1, -0.05) is 30.3 Å². The zero-order valence-corrected chi connectivity index (χ0v) is 10.1. The summed E-state index contributed by atoms with van der Waals surface area (Å²) in [5.74, 6) is 0. The van der Waals surface area contributed by atoms with Crippen LogP contribution in [0.15, 0.2) is 30.3 Å². The monoisotopic (exact) mass is 232 g/mol. The van der Waals surface area contributed by atoms with E-state index in [0.717, 1.165) is 39.0 Å². The third-order valence-electron chi connectivity index (χ3n) is 3.75. The second kappa shape index (κ2) is 4.77. The molecule has 1 spiro atoms. The van der Waals surface area contributed by atoms with Gasteiger partial charge in [-0.2, -0.15) is 0 Å². The van der Waals surface area contributed by atoms with Crippen molar-refractivity contribution < 1.29 is 4.74 Å². The molecule has 2 aliphatic heterocycles. The lowest BCUT2D eigenvalue weighted by atomic mass is 9.99. The van der Waals surface area contributed by atoms with E-state index in [1.54, 1.807) is 0 Å². The van der Waals surface area contributed by atoms with Crippen molar-refractivity contribution in [2.75, 3.05) is 19.7 Å². The quantitative estimate of drug-likeness (QED) is 0.806. The molecule has 0 saturated carbocycles. The minimum Gasteiger partial charge on any atom is -0.359 e. The van der Waals surface area contributed by atoms with E-state index < -0.39 is 0 Å². The van der Waals surface area contributed by atoms with Crippen molar-refractivity contribution in [3.05, 3.63) is 35.9 Å². The maximum atomic E-state index is 5.92. The first kappa shape index (κ1) is 11.2. The normalized spacial score (nSPS) is 33.1. The molecule has 2 unspecified atom stereocenters. The fourth-order valence-electron chi connectivity index (χ4n) is 2.85. The minimum absolute atomic E-state index is 0.0856. The zero-order valence-electron chi connectivity index (χ0n) is 10.1. The summed E-state index contributed by atoms with van der Waals surface area (Å²) in [6.45, 7) is 2.88. The Bertz CT molecular complexity index is 360. The summed E-state index contributed by atoms with van der Waals surface area (Å²) in [6, 6.07) is 11.3. The Hall–Kier alpha value is -0.900. The molecule has 92 valence electrons. The van der Waals surface area contributed by atoms with E-state index in [-0.39, 0.29) is 5.72 Å². The topological polar surface area (TPSA) is 33.3 Å². The van der Waals surface area contributed by atoms with Crippen molar-refractivity contribution in [3.63, 3.8) is 0 Å². The smallest absolute Gasteiger partial charge is 0.133 e. The molecule has 2 heterocycles. The SMILES string of the molecule is c1ccc(CC2CCOC3(CCNC3)N2)cc1. The number of hydrogen-bond acceptors (Lipinski definition) is 3. The molecular formula is C14H20N2O. The summed E-state index contributed by atoms with van der Waals surface area (Å²) in [4.78, 5) is 0. The van der Waals surface area contributed by atoms with Gasteiger partial charge in [-0.3, -0.25) is 5.32 Å². The van der Waals surface area contributed by atoms with Crippen molar-refractivity contribution in [2.24, 2.45) is 0 Å². The summed E-state index contributed by atoms with van der Waals surface area (Å²) in [5.41, 5.74) is 1.32. The lowest BCUT2D eigenvalue weighted by molar-refractivity contribution is -0.0959. The molecule has 0 amide bonds. The average molecular weight is 232 g/mol. The third-order valence-corrected chi connectivity index (χ3v) is 3.75. The molecule has 2 fully saturated rings. The van der Waals surface area contributed by atoms with Gasteiger partial charge in [0.2, 0.25) is 0 Å². The Kier molecular flexibility index (Phi) is 3.14. The van der Waals surface area contributed by atoms with Crippen LogP contribution in [0.2, 0.25) is 0 Å². The molecular weight excluding hydrogens is 212 g/mol. The minimum atomic E-state index is -0.0856. The predicted molar refractivity (Wildman–Crippen MR) is 67.9 cm³/mol. The lowest BCUT2D eigenvalue weighted by Gasteiger charge is -2.39. The number of rotatable bonds is 2. The summed E-state index contributed by atoms with van der Waals surface area (Å²) >= 11 is 0. The van der Waals surface area contributed by atoms with Crippen molar-refractivity contribution >= 4 is 0 Å². The highest BCUT2D eigenvalue weighted by molar-refractivity contribution is 5.16. The van der Waals surface area contributed by atoms with Crippen LogP contribution in [-0.4, -0.2) is 31.5 Å². The maximum absolute atomic E-state index is 5.92. The van der Waals surface area contributed by atoms with Crippen molar-refractivity contribution in [2.45, 2.75) is 31.0 Å². The second-order valence-corrected chi connectivity index (χ2v) is 5.09. The van der Waals surface area contributed by atoms with E-state index in [2.05, 4.69) is 41.0 Å². The van der Waals surface area contributed by atoms with E-state index in [9.17, 15) is 0 Å². The summed E-state index contributed by atoms with van der Waals surface area (Å²) in [5, 5.41) is 7.07. The van der Waals surface area contributed by atoms with Crippen LogP contribution in [0.1, 0.15) is 18.4 Å². The van der Waals surface area contributed by atoms with Crippen LogP contribution in [0.5, 0.6) is 0 Å². The molecule has 2 saturated heterocycles. The van der Waals surface area contributed by atoms with Crippen LogP contribution in [0.25, 0.3) is 0 Å². The van der Waals surface area contributed by atoms with Crippen LogP contribution < -0.4 is 10.6 Å². The van der Waals surface area contributed by atoms with Crippen LogP contribution in [0, 0.1) is 0 Å². The van der Waals surface area contributed by atoms with Crippen LogP contribution >= 0.6 is 0 Å². The molecule has 3 heteroatoms. The highest BCUT2D eigenvalue weighted by Crippen LogP contribution is 2.23. The van der Waals surface area contributed by atoms with E-state index in [1.807, 2.05) is 0 Å². The fourth-order valence-corrected chi connectivity index (χ4v) is 2.85. The summed E-state index contributed by atoms with van der Waals surface area (Å²) in [6.07, 6.45) is 3.29. The molecule has 0 bridgehead atoms. The molecule has 0 aliphatic carbocycles. The van der Waals surface area contributed by atoms with Gasteiger partial charge in [0.05, 0.1) is 6.61 Å². The van der Waals surface area contributed by atoms with Gasteiger partial charge in [0.15, 0.2) is 0 Å². The Morgan fingerprint density at radius 2 is 2.18 bits per heavy atom. The van der Waals surface area contributed by atoms with Crippen molar-refractivity contribution in [1.29, 1.82) is 0 Å². The molecule has 1 aromatic rings. The molecule has 2 atom stereocenters. The van der Waals surface area contributed by atoms with Crippen LogP contribution in [-0.2, 0) is 11.2 Å². The molecule has 2 N–H and O–H groups in total. The Morgan fingerprint density at radius 3 is 2.94 bits per heavy atom. The predicted octanol–water partition coefficient (Wildman–Crippen LogP) is 1.30. The van der Waals surface area contributed by atoms with Crippen LogP contribution in [0.4, 0.5) is 0 Å². The zero-order chi connectivity index (χ0) is 11.6.